The molecule has 0 spiro atoms. The summed E-state index contributed by atoms with van der Waals surface area (Å²) in [5, 5.41) is 6.47. The van der Waals surface area contributed by atoms with Gasteiger partial charge < -0.3 is 10.1 Å². The van der Waals surface area contributed by atoms with Crippen molar-refractivity contribution in [2.45, 2.75) is 6.04 Å². The van der Waals surface area contributed by atoms with Crippen LogP contribution >= 0.6 is 11.3 Å². The first-order valence-corrected chi connectivity index (χ1v) is 6.14. The molecule has 0 aliphatic carbocycles. The topological polar surface area (TPSA) is 34.1 Å². The predicted molar refractivity (Wildman–Crippen MR) is 65.8 cm³/mol. The van der Waals surface area contributed by atoms with Crippen LogP contribution in [0.5, 0.6) is 0 Å². The third-order valence-electron chi connectivity index (χ3n) is 2.57. The largest absolute Gasteiger partial charge is 0.378 e. The number of thiazole rings is 1. The van der Waals surface area contributed by atoms with E-state index in [1.165, 1.54) is 5.56 Å². The quantitative estimate of drug-likeness (QED) is 0.883. The predicted octanol–water partition coefficient (Wildman–Crippen LogP) is 2.62. The van der Waals surface area contributed by atoms with E-state index in [4.69, 9.17) is 4.74 Å². The third-order valence-corrected chi connectivity index (χ3v) is 3.40. The van der Waals surface area contributed by atoms with Crippen LogP contribution in [0.3, 0.4) is 0 Å². The van der Waals surface area contributed by atoms with Crippen LogP contribution in [0.4, 0.5) is 5.69 Å². The minimum absolute atomic E-state index is 0.478. The Hall–Kier alpha value is -1.39. The Balaban J connectivity index is 1.74. The number of nitrogens with one attached hydrogen (secondary N) is 1. The lowest BCUT2D eigenvalue weighted by Crippen LogP contribution is -2.40. The Kier molecular flexibility index (Phi) is 2.60. The fraction of sp³-hybridized carbons (Fsp3) is 0.250. The normalized spacial score (nSPS) is 15.8. The molecule has 0 atom stereocenters. The van der Waals surface area contributed by atoms with E-state index in [2.05, 4.69) is 34.6 Å². The van der Waals surface area contributed by atoms with E-state index >= 15 is 0 Å². The number of hydrogen-bond donors (Lipinski definition) is 1. The van der Waals surface area contributed by atoms with E-state index in [1.807, 2.05) is 11.6 Å². The first-order chi connectivity index (χ1) is 7.92. The van der Waals surface area contributed by atoms with Crippen molar-refractivity contribution in [1.82, 2.24) is 4.98 Å². The standard InChI is InChI=1S/C12H12N2OS/c1-3-10(14-11-7-15-8-11)4-2-9(1)12-13-5-6-16-12/h1-6,11,14H,7-8H2. The zero-order valence-electron chi connectivity index (χ0n) is 8.72. The fourth-order valence-corrected chi connectivity index (χ4v) is 2.27. The summed E-state index contributed by atoms with van der Waals surface area (Å²) in [6, 6.07) is 8.86. The average molecular weight is 232 g/mol. The molecule has 1 N–H and O–H groups in total. The van der Waals surface area contributed by atoms with Gasteiger partial charge in [-0.2, -0.15) is 0 Å². The molecule has 0 unspecified atom stereocenters. The monoisotopic (exact) mass is 232 g/mol. The minimum atomic E-state index is 0.478. The van der Waals surface area contributed by atoms with E-state index in [0.29, 0.717) is 6.04 Å². The zero-order valence-corrected chi connectivity index (χ0v) is 9.54. The Labute approximate surface area is 98.1 Å². The molecule has 82 valence electrons. The van der Waals surface area contributed by atoms with Gasteiger partial charge in [0.15, 0.2) is 0 Å². The van der Waals surface area contributed by atoms with E-state index in [1.54, 1.807) is 11.3 Å². The molecule has 1 aromatic carbocycles. The summed E-state index contributed by atoms with van der Waals surface area (Å²) in [5.41, 5.74) is 2.32. The molecule has 1 aromatic heterocycles. The number of aromatic nitrogens is 1. The van der Waals surface area contributed by atoms with Gasteiger partial charge in [-0.25, -0.2) is 4.98 Å². The Bertz CT molecular complexity index is 448. The Morgan fingerprint density at radius 3 is 2.62 bits per heavy atom. The van der Waals surface area contributed by atoms with E-state index < -0.39 is 0 Å². The van der Waals surface area contributed by atoms with Crippen LogP contribution < -0.4 is 5.32 Å². The Morgan fingerprint density at radius 2 is 2.06 bits per heavy atom. The van der Waals surface area contributed by atoms with E-state index in [0.717, 1.165) is 23.9 Å². The lowest BCUT2D eigenvalue weighted by molar-refractivity contribution is 0.0211. The molecule has 16 heavy (non-hydrogen) atoms. The van der Waals surface area contributed by atoms with Crippen molar-refractivity contribution in [1.29, 1.82) is 0 Å². The van der Waals surface area contributed by atoms with Crippen LogP contribution in [-0.4, -0.2) is 24.2 Å². The summed E-state index contributed by atoms with van der Waals surface area (Å²) < 4.78 is 5.12. The van der Waals surface area contributed by atoms with Crippen LogP contribution in [0.25, 0.3) is 10.6 Å². The van der Waals surface area contributed by atoms with Gasteiger partial charge in [0.05, 0.1) is 19.3 Å². The lowest BCUT2D eigenvalue weighted by Gasteiger charge is -2.27. The summed E-state index contributed by atoms with van der Waals surface area (Å²) in [4.78, 5) is 4.28. The maximum absolute atomic E-state index is 5.12. The second-order valence-electron chi connectivity index (χ2n) is 3.79. The van der Waals surface area contributed by atoms with Gasteiger partial charge in [-0.05, 0) is 24.3 Å². The number of nitrogens with zero attached hydrogens (tertiary/aromatic N) is 1. The molecule has 1 fully saturated rings. The zero-order chi connectivity index (χ0) is 10.8. The smallest absolute Gasteiger partial charge is 0.123 e. The molecule has 3 rings (SSSR count). The molecule has 0 radical (unpaired) electrons. The van der Waals surface area contributed by atoms with Gasteiger partial charge in [0.1, 0.15) is 5.01 Å². The van der Waals surface area contributed by atoms with Crippen molar-refractivity contribution >= 4 is 17.0 Å². The summed E-state index contributed by atoms with van der Waals surface area (Å²) in [6.45, 7) is 1.63. The van der Waals surface area contributed by atoms with Crippen LogP contribution in [0.2, 0.25) is 0 Å². The minimum Gasteiger partial charge on any atom is -0.378 e. The Morgan fingerprint density at radius 1 is 1.25 bits per heavy atom. The fourth-order valence-electron chi connectivity index (χ4n) is 1.63. The molecular formula is C12H12N2OS. The number of hydrogen-bond acceptors (Lipinski definition) is 4. The summed E-state index contributed by atoms with van der Waals surface area (Å²) >= 11 is 1.66. The number of anilines is 1. The number of benzene rings is 1. The molecule has 0 bridgehead atoms. The summed E-state index contributed by atoms with van der Waals surface area (Å²) in [6.07, 6.45) is 1.83. The van der Waals surface area contributed by atoms with E-state index in [-0.39, 0.29) is 0 Å². The molecule has 0 amide bonds. The van der Waals surface area contributed by atoms with Crippen molar-refractivity contribution < 1.29 is 4.74 Å². The van der Waals surface area contributed by atoms with Crippen molar-refractivity contribution in [2.75, 3.05) is 18.5 Å². The highest BCUT2D eigenvalue weighted by atomic mass is 32.1. The number of rotatable bonds is 3. The molecule has 4 heteroatoms. The van der Waals surface area contributed by atoms with Gasteiger partial charge in [-0.15, -0.1) is 11.3 Å². The van der Waals surface area contributed by atoms with Crippen LogP contribution in [-0.2, 0) is 4.74 Å². The summed E-state index contributed by atoms with van der Waals surface area (Å²) in [5.74, 6) is 0. The van der Waals surface area contributed by atoms with Crippen molar-refractivity contribution in [3.05, 3.63) is 35.8 Å². The van der Waals surface area contributed by atoms with Crippen LogP contribution in [0.15, 0.2) is 35.8 Å². The second kappa shape index (κ2) is 4.23. The lowest BCUT2D eigenvalue weighted by atomic mass is 10.2. The maximum atomic E-state index is 5.12. The van der Waals surface area contributed by atoms with Crippen LogP contribution in [0.1, 0.15) is 0 Å². The molecule has 1 saturated heterocycles. The molecule has 3 nitrogen and oxygen atoms in total. The van der Waals surface area contributed by atoms with Gasteiger partial charge in [0, 0.05) is 22.8 Å². The molecule has 2 heterocycles. The first-order valence-electron chi connectivity index (χ1n) is 5.26. The van der Waals surface area contributed by atoms with Crippen molar-refractivity contribution in [2.24, 2.45) is 0 Å². The SMILES string of the molecule is c1csc(-c2ccc(NC3COC3)cc2)n1. The number of ether oxygens (including phenoxy) is 1. The van der Waals surface area contributed by atoms with Gasteiger partial charge >= 0.3 is 0 Å². The molecular weight excluding hydrogens is 220 g/mol. The third kappa shape index (κ3) is 1.94. The highest BCUT2D eigenvalue weighted by Crippen LogP contribution is 2.23. The molecule has 1 aliphatic rings. The van der Waals surface area contributed by atoms with Crippen LogP contribution in [0, 0.1) is 0 Å². The van der Waals surface area contributed by atoms with Gasteiger partial charge in [-0.1, -0.05) is 0 Å². The summed E-state index contributed by atoms with van der Waals surface area (Å²) in [7, 11) is 0. The highest BCUT2D eigenvalue weighted by molar-refractivity contribution is 7.13. The van der Waals surface area contributed by atoms with Gasteiger partial charge in [0.2, 0.25) is 0 Å². The first kappa shape index (κ1) is 9.81. The molecule has 2 aromatic rings. The maximum Gasteiger partial charge on any atom is 0.123 e. The molecule has 1 aliphatic heterocycles. The molecule has 0 saturated carbocycles. The van der Waals surface area contributed by atoms with Gasteiger partial charge in [-0.3, -0.25) is 0 Å². The average Bonchev–Trinajstić information content (AvgIpc) is 2.78. The van der Waals surface area contributed by atoms with Gasteiger partial charge in [0.25, 0.3) is 0 Å². The second-order valence-corrected chi connectivity index (χ2v) is 4.69. The van der Waals surface area contributed by atoms with Crippen molar-refractivity contribution in [3.8, 4) is 10.6 Å². The van der Waals surface area contributed by atoms with Crippen molar-refractivity contribution in [3.63, 3.8) is 0 Å². The van der Waals surface area contributed by atoms with E-state index in [9.17, 15) is 0 Å². The highest BCUT2D eigenvalue weighted by Gasteiger charge is 2.17.